The van der Waals surface area contributed by atoms with Gasteiger partial charge in [0.25, 0.3) is 0 Å². The predicted octanol–water partition coefficient (Wildman–Crippen LogP) is 3.74. The van der Waals surface area contributed by atoms with Gasteiger partial charge in [-0.05, 0) is 31.0 Å². The predicted molar refractivity (Wildman–Crippen MR) is 112 cm³/mol. The average molecular weight is 380 g/mol. The van der Waals surface area contributed by atoms with Crippen molar-refractivity contribution in [1.82, 2.24) is 10.2 Å². The Morgan fingerprint density at radius 1 is 1.14 bits per heavy atom. The van der Waals surface area contributed by atoms with E-state index < -0.39 is 0 Å². The molecule has 2 aliphatic rings. The number of benzene rings is 2. The molecule has 0 radical (unpaired) electrons. The number of methoxy groups -OCH3 is 1. The minimum atomic E-state index is -0.282. The van der Waals surface area contributed by atoms with E-state index in [4.69, 9.17) is 9.73 Å². The summed E-state index contributed by atoms with van der Waals surface area (Å²) in [6, 6.07) is 16.1. The molecule has 0 saturated carbocycles. The van der Waals surface area contributed by atoms with E-state index in [9.17, 15) is 5.11 Å². The molecule has 2 heterocycles. The molecule has 1 unspecified atom stereocenters. The van der Waals surface area contributed by atoms with E-state index in [0.717, 1.165) is 55.7 Å². The molecule has 148 valence electrons. The van der Waals surface area contributed by atoms with Crippen LogP contribution in [-0.2, 0) is 0 Å². The number of para-hydroxylation sites is 1. The highest BCUT2D eigenvalue weighted by Crippen LogP contribution is 2.40. The molecule has 5 nitrogen and oxygen atoms in total. The number of rotatable bonds is 4. The van der Waals surface area contributed by atoms with Gasteiger partial charge in [0.2, 0.25) is 0 Å². The van der Waals surface area contributed by atoms with Crippen LogP contribution in [0.2, 0.25) is 0 Å². The zero-order chi connectivity index (χ0) is 19.6. The molecule has 0 amide bonds. The number of hydrogen-bond acceptors (Lipinski definition) is 5. The lowest BCUT2D eigenvalue weighted by Crippen LogP contribution is -2.56. The Labute approximate surface area is 167 Å². The van der Waals surface area contributed by atoms with Crippen LogP contribution in [0.15, 0.2) is 53.5 Å². The Balaban J connectivity index is 1.72. The van der Waals surface area contributed by atoms with Gasteiger partial charge in [-0.1, -0.05) is 49.4 Å². The van der Waals surface area contributed by atoms with Crippen molar-refractivity contribution >= 4 is 5.71 Å². The normalized spacial score (nSPS) is 22.1. The fraction of sp³-hybridized carbons (Fsp3) is 0.435. The van der Waals surface area contributed by atoms with Crippen LogP contribution >= 0.6 is 0 Å². The van der Waals surface area contributed by atoms with Crippen molar-refractivity contribution in [2.24, 2.45) is 4.99 Å². The van der Waals surface area contributed by atoms with E-state index >= 15 is 0 Å². The Hall–Kier alpha value is -2.37. The summed E-state index contributed by atoms with van der Waals surface area (Å²) in [7, 11) is 1.59. The second-order valence-corrected chi connectivity index (χ2v) is 7.69. The van der Waals surface area contributed by atoms with Crippen molar-refractivity contribution in [3.8, 4) is 11.5 Å². The first-order chi connectivity index (χ1) is 13.6. The van der Waals surface area contributed by atoms with Crippen LogP contribution in [0.25, 0.3) is 0 Å². The zero-order valence-electron chi connectivity index (χ0n) is 16.7. The highest BCUT2D eigenvalue weighted by atomic mass is 16.5. The van der Waals surface area contributed by atoms with E-state index in [1.807, 2.05) is 18.2 Å². The topological polar surface area (TPSA) is 57.1 Å². The first kappa shape index (κ1) is 19.0. The highest BCUT2D eigenvalue weighted by molar-refractivity contribution is 6.01. The van der Waals surface area contributed by atoms with Crippen LogP contribution in [-0.4, -0.2) is 48.1 Å². The SMILES string of the molecule is CCN1CCC2(CC1)N=C(c1ccccc1)CC(c1cccc(OC)c1O)N2. The van der Waals surface area contributed by atoms with Gasteiger partial charge in [0.05, 0.1) is 7.11 Å². The van der Waals surface area contributed by atoms with E-state index in [1.54, 1.807) is 13.2 Å². The molecular weight excluding hydrogens is 350 g/mol. The second-order valence-electron chi connectivity index (χ2n) is 7.69. The van der Waals surface area contributed by atoms with Crippen molar-refractivity contribution < 1.29 is 9.84 Å². The first-order valence-corrected chi connectivity index (χ1v) is 10.1. The van der Waals surface area contributed by atoms with Gasteiger partial charge < -0.3 is 14.7 Å². The van der Waals surface area contributed by atoms with E-state index in [0.29, 0.717) is 5.75 Å². The third-order valence-electron chi connectivity index (χ3n) is 6.05. The van der Waals surface area contributed by atoms with Gasteiger partial charge >= 0.3 is 0 Å². The summed E-state index contributed by atoms with van der Waals surface area (Å²) >= 11 is 0. The van der Waals surface area contributed by atoms with Crippen LogP contribution in [0, 0.1) is 0 Å². The highest BCUT2D eigenvalue weighted by Gasteiger charge is 2.40. The smallest absolute Gasteiger partial charge is 0.162 e. The van der Waals surface area contributed by atoms with Crippen LogP contribution in [0.3, 0.4) is 0 Å². The standard InChI is InChI=1S/C23H29N3O2/c1-3-26-14-12-23(13-15-26)24-19(17-8-5-4-6-9-17)16-20(25-23)18-10-7-11-21(28-2)22(18)27/h4-11,20,25,27H,3,12-16H2,1-2H3. The molecule has 0 aromatic heterocycles. The first-order valence-electron chi connectivity index (χ1n) is 10.1. The number of ether oxygens (including phenoxy) is 1. The van der Waals surface area contributed by atoms with Crippen molar-refractivity contribution in [3.63, 3.8) is 0 Å². The monoisotopic (exact) mass is 379 g/mol. The molecule has 2 aromatic rings. The lowest BCUT2D eigenvalue weighted by molar-refractivity contribution is 0.129. The Morgan fingerprint density at radius 3 is 2.57 bits per heavy atom. The van der Waals surface area contributed by atoms with Gasteiger partial charge in [-0.15, -0.1) is 0 Å². The largest absolute Gasteiger partial charge is 0.504 e. The third kappa shape index (κ3) is 3.64. The van der Waals surface area contributed by atoms with E-state index in [1.165, 1.54) is 0 Å². The summed E-state index contributed by atoms with van der Waals surface area (Å²) in [4.78, 5) is 7.70. The quantitative estimate of drug-likeness (QED) is 0.850. The van der Waals surface area contributed by atoms with Crippen LogP contribution in [0.5, 0.6) is 11.5 Å². The molecule has 1 spiro atoms. The summed E-state index contributed by atoms with van der Waals surface area (Å²) in [5.41, 5.74) is 2.86. The van der Waals surface area contributed by atoms with E-state index in [2.05, 4.69) is 41.4 Å². The molecule has 4 rings (SSSR count). The molecule has 0 aliphatic carbocycles. The summed E-state index contributed by atoms with van der Waals surface area (Å²) in [6.07, 6.45) is 2.68. The molecule has 2 N–H and O–H groups in total. The maximum atomic E-state index is 10.8. The average Bonchev–Trinajstić information content (AvgIpc) is 2.75. The number of hydrogen-bond donors (Lipinski definition) is 2. The molecule has 2 aliphatic heterocycles. The van der Waals surface area contributed by atoms with Gasteiger partial charge in [0.15, 0.2) is 11.5 Å². The Kier molecular flexibility index (Phi) is 5.38. The van der Waals surface area contributed by atoms with Gasteiger partial charge in [-0.25, -0.2) is 0 Å². The van der Waals surface area contributed by atoms with Gasteiger partial charge in [0, 0.05) is 36.8 Å². The molecule has 28 heavy (non-hydrogen) atoms. The van der Waals surface area contributed by atoms with Gasteiger partial charge in [-0.3, -0.25) is 10.3 Å². The number of nitrogens with one attached hydrogen (secondary N) is 1. The number of phenols is 1. The Bertz CT molecular complexity index is 842. The number of likely N-dealkylation sites (tertiary alicyclic amines) is 1. The van der Waals surface area contributed by atoms with Crippen molar-refractivity contribution in [1.29, 1.82) is 0 Å². The van der Waals surface area contributed by atoms with Crippen LogP contribution < -0.4 is 10.1 Å². The van der Waals surface area contributed by atoms with Crippen molar-refractivity contribution in [3.05, 3.63) is 59.7 Å². The molecular formula is C23H29N3O2. The molecule has 0 bridgehead atoms. The van der Waals surface area contributed by atoms with Crippen LogP contribution in [0.4, 0.5) is 0 Å². The summed E-state index contributed by atoms with van der Waals surface area (Å²) in [6.45, 7) is 5.35. The molecule has 5 heteroatoms. The minimum absolute atomic E-state index is 0.00372. The molecule has 1 fully saturated rings. The lowest BCUT2D eigenvalue weighted by atomic mass is 9.87. The van der Waals surface area contributed by atoms with E-state index in [-0.39, 0.29) is 17.5 Å². The van der Waals surface area contributed by atoms with Crippen LogP contribution in [0.1, 0.15) is 43.4 Å². The fourth-order valence-corrected chi connectivity index (χ4v) is 4.39. The zero-order valence-corrected chi connectivity index (χ0v) is 16.7. The van der Waals surface area contributed by atoms with Gasteiger partial charge in [-0.2, -0.15) is 0 Å². The molecule has 2 aromatic carbocycles. The lowest BCUT2D eigenvalue weighted by Gasteiger charge is -2.45. The Morgan fingerprint density at radius 2 is 1.89 bits per heavy atom. The summed E-state index contributed by atoms with van der Waals surface area (Å²) in [5.74, 6) is 0.732. The van der Waals surface area contributed by atoms with Crippen molar-refractivity contribution in [2.75, 3.05) is 26.7 Å². The molecule has 1 saturated heterocycles. The number of aromatic hydroxyl groups is 1. The number of phenolic OH excluding ortho intramolecular Hbond substituents is 1. The van der Waals surface area contributed by atoms with Gasteiger partial charge in [0.1, 0.15) is 5.66 Å². The summed E-state index contributed by atoms with van der Waals surface area (Å²) < 4.78 is 5.34. The maximum absolute atomic E-state index is 10.8. The summed E-state index contributed by atoms with van der Waals surface area (Å²) in [5, 5.41) is 14.5. The number of piperidine rings is 1. The molecule has 1 atom stereocenters. The fourth-order valence-electron chi connectivity index (χ4n) is 4.39. The van der Waals surface area contributed by atoms with Crippen molar-refractivity contribution in [2.45, 2.75) is 37.9 Å². The second kappa shape index (κ2) is 7.94. The maximum Gasteiger partial charge on any atom is 0.162 e. The minimum Gasteiger partial charge on any atom is -0.504 e. The third-order valence-corrected chi connectivity index (χ3v) is 6.05. The number of aliphatic imine (C=N–C) groups is 1. The number of nitrogens with zero attached hydrogens (tertiary/aromatic N) is 2.